The summed E-state index contributed by atoms with van der Waals surface area (Å²) in [5.74, 6) is 0. The van der Waals surface area contributed by atoms with Gasteiger partial charge in [-0.15, -0.1) is 0 Å². The Morgan fingerprint density at radius 2 is 0.958 bits per heavy atom. The molecule has 3 rings (SSSR count). The van der Waals surface area contributed by atoms with Gasteiger partial charge in [0.1, 0.15) is 5.60 Å². The molecule has 0 fully saturated rings. The summed E-state index contributed by atoms with van der Waals surface area (Å²) in [6.07, 6.45) is 0.817. The highest BCUT2D eigenvalue weighted by atomic mass is 16.3. The van der Waals surface area contributed by atoms with Gasteiger partial charge in [-0.2, -0.15) is 0 Å². The summed E-state index contributed by atoms with van der Waals surface area (Å²) in [6.45, 7) is 4.30. The maximum atomic E-state index is 12.1. The van der Waals surface area contributed by atoms with Gasteiger partial charge in [0.2, 0.25) is 0 Å². The van der Waals surface area contributed by atoms with Crippen molar-refractivity contribution in [3.05, 3.63) is 108 Å². The predicted molar refractivity (Wildman–Crippen MR) is 100.0 cm³/mol. The topological polar surface area (TPSA) is 20.2 Å². The van der Waals surface area contributed by atoms with Crippen LogP contribution in [0.3, 0.4) is 0 Å². The Balaban J connectivity index is 2.29. The molecule has 1 atom stereocenters. The smallest absolute Gasteiger partial charge is 0.124 e. The van der Waals surface area contributed by atoms with Gasteiger partial charge in [0, 0.05) is 5.41 Å². The molecule has 24 heavy (non-hydrogen) atoms. The zero-order valence-corrected chi connectivity index (χ0v) is 14.3. The maximum absolute atomic E-state index is 12.1. The van der Waals surface area contributed by atoms with Crippen molar-refractivity contribution in [3.63, 3.8) is 0 Å². The summed E-state index contributed by atoms with van der Waals surface area (Å²) in [5, 5.41) is 12.1. The largest absolute Gasteiger partial charge is 0.379 e. The lowest BCUT2D eigenvalue weighted by molar-refractivity contribution is -0.00267. The first-order chi connectivity index (χ1) is 11.6. The van der Waals surface area contributed by atoms with E-state index in [1.165, 1.54) is 0 Å². The van der Waals surface area contributed by atoms with Crippen LogP contribution in [0.4, 0.5) is 0 Å². The van der Waals surface area contributed by atoms with Crippen LogP contribution in [0.25, 0.3) is 0 Å². The second-order valence-electron chi connectivity index (χ2n) is 6.49. The average Bonchev–Trinajstić information content (AvgIpc) is 2.68. The van der Waals surface area contributed by atoms with Crippen LogP contribution < -0.4 is 0 Å². The molecule has 0 saturated heterocycles. The molecule has 1 N–H and O–H groups in total. The third-order valence-corrected chi connectivity index (χ3v) is 5.30. The van der Waals surface area contributed by atoms with E-state index in [0.29, 0.717) is 0 Å². The maximum Gasteiger partial charge on any atom is 0.124 e. The zero-order chi connectivity index (χ0) is 17.0. The van der Waals surface area contributed by atoms with E-state index in [2.05, 4.69) is 26.0 Å². The van der Waals surface area contributed by atoms with Crippen molar-refractivity contribution in [3.8, 4) is 0 Å². The van der Waals surface area contributed by atoms with Crippen molar-refractivity contribution in [2.45, 2.75) is 31.3 Å². The van der Waals surface area contributed by atoms with Crippen LogP contribution in [0.2, 0.25) is 0 Å². The standard InChI is InChI=1S/C23H24O/c1-3-22(2,19-13-7-4-8-14-19)23(24,20-15-9-5-10-16-20)21-17-11-6-12-18-21/h4-18,24H,3H2,1-2H3/t22-/m1/s1. The minimum Gasteiger partial charge on any atom is -0.379 e. The van der Waals surface area contributed by atoms with Gasteiger partial charge < -0.3 is 5.11 Å². The Labute approximate surface area is 144 Å². The van der Waals surface area contributed by atoms with E-state index in [1.54, 1.807) is 0 Å². The molecule has 0 aliphatic heterocycles. The Morgan fingerprint density at radius 1 is 0.625 bits per heavy atom. The molecule has 0 heterocycles. The molecule has 122 valence electrons. The highest BCUT2D eigenvalue weighted by Crippen LogP contribution is 2.48. The summed E-state index contributed by atoms with van der Waals surface area (Å²) >= 11 is 0. The van der Waals surface area contributed by atoms with E-state index in [4.69, 9.17) is 0 Å². The fourth-order valence-corrected chi connectivity index (χ4v) is 3.64. The highest BCUT2D eigenvalue weighted by Gasteiger charge is 2.49. The lowest BCUT2D eigenvalue weighted by atomic mass is 9.61. The predicted octanol–water partition coefficient (Wildman–Crippen LogP) is 5.29. The first-order valence-electron chi connectivity index (χ1n) is 8.52. The molecule has 0 saturated carbocycles. The molecule has 0 unspecified atom stereocenters. The van der Waals surface area contributed by atoms with Crippen molar-refractivity contribution in [2.75, 3.05) is 0 Å². The monoisotopic (exact) mass is 316 g/mol. The lowest BCUT2D eigenvalue weighted by Gasteiger charge is -2.46. The van der Waals surface area contributed by atoms with E-state index >= 15 is 0 Å². The molecular weight excluding hydrogens is 292 g/mol. The summed E-state index contributed by atoms with van der Waals surface area (Å²) in [5.41, 5.74) is 1.43. The van der Waals surface area contributed by atoms with Gasteiger partial charge in [0.15, 0.2) is 0 Å². The van der Waals surface area contributed by atoms with Gasteiger partial charge in [-0.3, -0.25) is 0 Å². The van der Waals surface area contributed by atoms with Gasteiger partial charge >= 0.3 is 0 Å². The third kappa shape index (κ3) is 2.55. The third-order valence-electron chi connectivity index (χ3n) is 5.30. The second kappa shape index (κ2) is 6.62. The van der Waals surface area contributed by atoms with E-state index in [1.807, 2.05) is 78.9 Å². The van der Waals surface area contributed by atoms with Crippen LogP contribution in [0.1, 0.15) is 37.0 Å². The van der Waals surface area contributed by atoms with Gasteiger partial charge in [-0.1, -0.05) is 105 Å². The minimum absolute atomic E-state index is 0.447. The molecule has 0 aliphatic rings. The van der Waals surface area contributed by atoms with Crippen LogP contribution >= 0.6 is 0 Å². The number of benzene rings is 3. The van der Waals surface area contributed by atoms with Crippen LogP contribution in [0, 0.1) is 0 Å². The molecule has 3 aromatic carbocycles. The molecule has 1 heteroatoms. The van der Waals surface area contributed by atoms with Crippen molar-refractivity contribution >= 4 is 0 Å². The van der Waals surface area contributed by atoms with Crippen LogP contribution in [0.15, 0.2) is 91.0 Å². The average molecular weight is 316 g/mol. The Kier molecular flexibility index (Phi) is 4.55. The first-order valence-corrected chi connectivity index (χ1v) is 8.52. The van der Waals surface area contributed by atoms with E-state index in [9.17, 15) is 5.11 Å². The van der Waals surface area contributed by atoms with Crippen LogP contribution in [-0.4, -0.2) is 5.11 Å². The fourth-order valence-electron chi connectivity index (χ4n) is 3.64. The molecule has 0 aromatic heterocycles. The lowest BCUT2D eigenvalue weighted by Crippen LogP contribution is -2.48. The summed E-state index contributed by atoms with van der Waals surface area (Å²) < 4.78 is 0. The van der Waals surface area contributed by atoms with Gasteiger partial charge in [0.05, 0.1) is 0 Å². The summed E-state index contributed by atoms with van der Waals surface area (Å²) in [7, 11) is 0. The Bertz CT molecular complexity index is 725. The molecule has 0 amide bonds. The molecule has 0 radical (unpaired) electrons. The SMILES string of the molecule is CC[C@](C)(c1ccccc1)C(O)(c1ccccc1)c1ccccc1. The zero-order valence-electron chi connectivity index (χ0n) is 14.3. The molecule has 1 nitrogen and oxygen atoms in total. The van der Waals surface area contributed by atoms with Crippen molar-refractivity contribution in [2.24, 2.45) is 0 Å². The second-order valence-corrected chi connectivity index (χ2v) is 6.49. The minimum atomic E-state index is -1.11. The number of aliphatic hydroxyl groups is 1. The van der Waals surface area contributed by atoms with E-state index in [0.717, 1.165) is 23.1 Å². The fraction of sp³-hybridized carbons (Fsp3) is 0.217. The van der Waals surface area contributed by atoms with Gasteiger partial charge in [-0.05, 0) is 23.1 Å². The number of rotatable bonds is 5. The normalized spacial score (nSPS) is 14.1. The molecule has 0 spiro atoms. The van der Waals surface area contributed by atoms with Crippen molar-refractivity contribution < 1.29 is 5.11 Å². The van der Waals surface area contributed by atoms with E-state index in [-0.39, 0.29) is 0 Å². The molecular formula is C23H24O. The van der Waals surface area contributed by atoms with Crippen LogP contribution in [0.5, 0.6) is 0 Å². The van der Waals surface area contributed by atoms with Gasteiger partial charge in [-0.25, -0.2) is 0 Å². The van der Waals surface area contributed by atoms with E-state index < -0.39 is 11.0 Å². The molecule has 0 aliphatic carbocycles. The first kappa shape index (κ1) is 16.5. The summed E-state index contributed by atoms with van der Waals surface area (Å²) in [6, 6.07) is 30.3. The highest BCUT2D eigenvalue weighted by molar-refractivity contribution is 5.45. The van der Waals surface area contributed by atoms with Crippen LogP contribution in [-0.2, 0) is 11.0 Å². The molecule has 3 aromatic rings. The number of hydrogen-bond donors (Lipinski definition) is 1. The molecule has 0 bridgehead atoms. The van der Waals surface area contributed by atoms with Gasteiger partial charge in [0.25, 0.3) is 0 Å². The Hall–Kier alpha value is -2.38. The summed E-state index contributed by atoms with van der Waals surface area (Å²) in [4.78, 5) is 0. The van der Waals surface area contributed by atoms with Crippen molar-refractivity contribution in [1.82, 2.24) is 0 Å². The Morgan fingerprint density at radius 3 is 1.29 bits per heavy atom. The quantitative estimate of drug-likeness (QED) is 0.678. The number of hydrogen-bond acceptors (Lipinski definition) is 1. The van der Waals surface area contributed by atoms with Crippen molar-refractivity contribution in [1.29, 1.82) is 0 Å².